The molecule has 4 atom stereocenters. The average Bonchev–Trinajstić information content (AvgIpc) is 4.13. The van der Waals surface area contributed by atoms with Gasteiger partial charge in [-0.2, -0.15) is 0 Å². The Morgan fingerprint density at radius 1 is 0.566 bits per heavy atom. The molecular formula is C58H68F2N10O6. The molecule has 0 saturated carbocycles. The number of imidazole rings is 2. The van der Waals surface area contributed by atoms with Crippen LogP contribution in [0.4, 0.5) is 18.4 Å². The van der Waals surface area contributed by atoms with Gasteiger partial charge in [0.05, 0.1) is 45.5 Å². The zero-order valence-electron chi connectivity index (χ0n) is 45.0. The molecule has 8 aromatic rings. The van der Waals surface area contributed by atoms with Crippen LogP contribution in [0.3, 0.4) is 0 Å². The summed E-state index contributed by atoms with van der Waals surface area (Å²) in [4.78, 5) is 64.2. The van der Waals surface area contributed by atoms with Gasteiger partial charge in [-0.15, -0.1) is 0 Å². The van der Waals surface area contributed by atoms with Crippen molar-refractivity contribution in [3.63, 3.8) is 0 Å². The van der Waals surface area contributed by atoms with Gasteiger partial charge in [0.2, 0.25) is 0 Å². The fraction of sp³-hybridized carbons (Fsp3) is 0.414. The van der Waals surface area contributed by atoms with Gasteiger partial charge in [-0.25, -0.2) is 28.3 Å². The SMILES string of the molecule is CCn1c(-c2nc3cc(C(=O)N4CC[C@@H](F)[C@@H](NC(=O)OC(C)(C)C)C4)ccc3n2C)cc2ccccc21.CCn1c(-c2nc3cc(C(=O)N4CC[C@H](F)[C@H](NC(=O)OC(C)(C)C)C4)ccc3n2C)cc2ccccc21. The summed E-state index contributed by atoms with van der Waals surface area (Å²) in [5, 5.41) is 7.49. The molecule has 2 aliphatic heterocycles. The molecule has 6 heterocycles. The number of carbonyl (C=O) groups excluding carboxylic acids is 4. The number of nitrogens with zero attached hydrogens (tertiary/aromatic N) is 8. The molecule has 18 heteroatoms. The highest BCUT2D eigenvalue weighted by Gasteiger charge is 2.36. The third-order valence-electron chi connectivity index (χ3n) is 14.0. The summed E-state index contributed by atoms with van der Waals surface area (Å²) in [6, 6.07) is 30.1. The summed E-state index contributed by atoms with van der Waals surface area (Å²) in [5.74, 6) is 1.21. The molecule has 16 nitrogen and oxygen atoms in total. The Balaban J connectivity index is 0.000000186. The largest absolute Gasteiger partial charge is 0.444 e. The second-order valence-electron chi connectivity index (χ2n) is 21.7. The van der Waals surface area contributed by atoms with Gasteiger partial charge in [0.1, 0.15) is 23.5 Å². The van der Waals surface area contributed by atoms with Crippen molar-refractivity contribution >= 4 is 67.9 Å². The van der Waals surface area contributed by atoms with E-state index in [0.717, 1.165) is 69.0 Å². The molecule has 0 radical (unpaired) electrons. The number of piperidine rings is 2. The van der Waals surface area contributed by atoms with Crippen LogP contribution in [-0.2, 0) is 36.7 Å². The van der Waals surface area contributed by atoms with Crippen LogP contribution in [0.5, 0.6) is 0 Å². The number of amides is 4. The number of nitrogens with one attached hydrogen (secondary N) is 2. The molecule has 0 unspecified atom stereocenters. The monoisotopic (exact) mass is 1040 g/mol. The lowest BCUT2D eigenvalue weighted by atomic mass is 10.0. The summed E-state index contributed by atoms with van der Waals surface area (Å²) in [7, 11) is 3.95. The van der Waals surface area contributed by atoms with E-state index in [-0.39, 0.29) is 50.8 Å². The number of aryl methyl sites for hydroxylation is 4. The van der Waals surface area contributed by atoms with Gasteiger partial charge >= 0.3 is 12.2 Å². The highest BCUT2D eigenvalue weighted by molar-refractivity contribution is 5.99. The first-order chi connectivity index (χ1) is 36.1. The predicted octanol–water partition coefficient (Wildman–Crippen LogP) is 10.6. The molecule has 2 saturated heterocycles. The van der Waals surface area contributed by atoms with Crippen molar-refractivity contribution < 1.29 is 37.4 Å². The number of para-hydroxylation sites is 2. The first-order valence-electron chi connectivity index (χ1n) is 26.1. The number of fused-ring (bicyclic) bond motifs is 4. The third kappa shape index (κ3) is 11.0. The van der Waals surface area contributed by atoms with Crippen molar-refractivity contribution in [2.75, 3.05) is 26.2 Å². The maximum absolute atomic E-state index is 14.6. The molecular weight excluding hydrogens is 971 g/mol. The summed E-state index contributed by atoms with van der Waals surface area (Å²) in [6.45, 7) is 17.0. The Bertz CT molecular complexity index is 3260. The zero-order valence-corrected chi connectivity index (χ0v) is 45.0. The van der Waals surface area contributed by atoms with Gasteiger partial charge in [0.15, 0.2) is 11.6 Å². The number of ether oxygens (including phenoxy) is 2. The Labute approximate surface area is 440 Å². The van der Waals surface area contributed by atoms with E-state index in [1.807, 2.05) is 59.6 Å². The summed E-state index contributed by atoms with van der Waals surface area (Å²) < 4.78 is 48.3. The van der Waals surface area contributed by atoms with Crippen molar-refractivity contribution in [2.45, 2.75) is 117 Å². The van der Waals surface area contributed by atoms with E-state index in [0.29, 0.717) is 22.2 Å². The van der Waals surface area contributed by atoms with E-state index < -0.39 is 47.8 Å². The number of aromatic nitrogens is 6. The van der Waals surface area contributed by atoms with E-state index in [4.69, 9.17) is 19.4 Å². The molecule has 4 amide bonds. The van der Waals surface area contributed by atoms with Gasteiger partial charge in [-0.1, -0.05) is 36.4 Å². The Hall–Kier alpha value is -7.76. The highest BCUT2D eigenvalue weighted by Crippen LogP contribution is 2.33. The van der Waals surface area contributed by atoms with Gasteiger partial charge in [0, 0.05) is 86.3 Å². The van der Waals surface area contributed by atoms with Gasteiger partial charge in [0.25, 0.3) is 11.8 Å². The number of hydrogen-bond acceptors (Lipinski definition) is 8. The molecule has 76 heavy (non-hydrogen) atoms. The lowest BCUT2D eigenvalue weighted by Crippen LogP contribution is -2.55. The third-order valence-corrected chi connectivity index (χ3v) is 14.0. The first kappa shape index (κ1) is 53.1. The summed E-state index contributed by atoms with van der Waals surface area (Å²) in [6.07, 6.45) is -3.60. The minimum absolute atomic E-state index is 0.0708. The number of likely N-dealkylation sites (tertiary alicyclic amines) is 2. The minimum Gasteiger partial charge on any atom is -0.444 e. The number of halogens is 2. The number of hydrogen-bond donors (Lipinski definition) is 2. The fourth-order valence-electron chi connectivity index (χ4n) is 10.4. The van der Waals surface area contributed by atoms with Gasteiger partial charge in [-0.05, 0) is 129 Å². The van der Waals surface area contributed by atoms with Crippen molar-refractivity contribution in [1.29, 1.82) is 0 Å². The van der Waals surface area contributed by atoms with Crippen LogP contribution in [0.15, 0.2) is 97.1 Å². The second kappa shape index (κ2) is 21.1. The van der Waals surface area contributed by atoms with E-state index in [2.05, 4.69) is 70.0 Å². The topological polar surface area (TPSA) is 163 Å². The fourth-order valence-corrected chi connectivity index (χ4v) is 10.4. The lowest BCUT2D eigenvalue weighted by molar-refractivity contribution is 0.0364. The molecule has 10 rings (SSSR count). The smallest absolute Gasteiger partial charge is 0.408 e. The minimum atomic E-state index is -1.25. The molecule has 4 aromatic heterocycles. The highest BCUT2D eigenvalue weighted by atomic mass is 19.1. The number of benzene rings is 4. The summed E-state index contributed by atoms with van der Waals surface area (Å²) >= 11 is 0. The van der Waals surface area contributed by atoms with Crippen LogP contribution in [0.1, 0.15) is 88.9 Å². The van der Waals surface area contributed by atoms with E-state index in [9.17, 15) is 28.0 Å². The van der Waals surface area contributed by atoms with E-state index in [1.54, 1.807) is 75.6 Å². The van der Waals surface area contributed by atoms with Crippen LogP contribution >= 0.6 is 0 Å². The number of rotatable bonds is 8. The molecule has 0 bridgehead atoms. The molecule has 400 valence electrons. The Morgan fingerprint density at radius 2 is 0.947 bits per heavy atom. The van der Waals surface area contributed by atoms with E-state index in [1.165, 1.54) is 0 Å². The lowest BCUT2D eigenvalue weighted by Gasteiger charge is -2.35. The van der Waals surface area contributed by atoms with Crippen molar-refractivity contribution in [2.24, 2.45) is 14.1 Å². The van der Waals surface area contributed by atoms with Crippen LogP contribution < -0.4 is 10.6 Å². The quantitative estimate of drug-likeness (QED) is 0.152. The number of alkyl halides is 2. The van der Waals surface area contributed by atoms with Crippen molar-refractivity contribution in [3.8, 4) is 23.0 Å². The van der Waals surface area contributed by atoms with Crippen LogP contribution in [-0.4, -0.2) is 124 Å². The van der Waals surface area contributed by atoms with E-state index >= 15 is 0 Å². The molecule has 4 aromatic carbocycles. The predicted molar refractivity (Wildman–Crippen MR) is 292 cm³/mol. The van der Waals surface area contributed by atoms with Crippen LogP contribution in [0.25, 0.3) is 66.9 Å². The zero-order chi connectivity index (χ0) is 54.4. The number of alkyl carbamates (subject to hydrolysis) is 2. The molecule has 0 aliphatic carbocycles. The first-order valence-corrected chi connectivity index (χ1v) is 26.1. The standard InChI is InChI=1S/2C29H34FN5O3/c2*1-6-35-23-10-8-7-9-18(23)16-25(35)26-31-21-15-19(11-12-24(21)33(26)5)27(36)34-14-13-20(30)22(17-34)32-28(37)38-29(2,3)4/h2*7-12,15-16,20,22H,6,13-14,17H2,1-5H3,(H,32,37)/t2*20-,22+/m10/s1. The molecule has 0 spiro atoms. The number of carbonyl (C=O) groups is 4. The van der Waals surface area contributed by atoms with Crippen molar-refractivity contribution in [1.82, 2.24) is 48.7 Å². The maximum Gasteiger partial charge on any atom is 0.408 e. The Kier molecular flexibility index (Phi) is 14.7. The van der Waals surface area contributed by atoms with Gasteiger partial charge in [-0.3, -0.25) is 9.59 Å². The maximum atomic E-state index is 14.6. The molecule has 2 aliphatic rings. The average molecular weight is 1040 g/mol. The van der Waals surface area contributed by atoms with Gasteiger partial charge < -0.3 is 48.2 Å². The normalized spacial score (nSPS) is 18.2. The Morgan fingerprint density at radius 3 is 1.32 bits per heavy atom. The molecule has 2 fully saturated rings. The van der Waals surface area contributed by atoms with Crippen LogP contribution in [0, 0.1) is 0 Å². The molecule has 2 N–H and O–H groups in total. The van der Waals surface area contributed by atoms with Crippen molar-refractivity contribution in [3.05, 3.63) is 108 Å². The summed E-state index contributed by atoms with van der Waals surface area (Å²) in [5.41, 5.74) is 7.16. The second-order valence-corrected chi connectivity index (χ2v) is 21.7. The van der Waals surface area contributed by atoms with Crippen LogP contribution in [0.2, 0.25) is 0 Å².